The number of hydrogen-bond donors (Lipinski definition) is 0. The first-order chi connectivity index (χ1) is 15.2. The Hall–Kier alpha value is -2.36. The van der Waals surface area contributed by atoms with Crippen molar-refractivity contribution >= 4 is 5.97 Å². The summed E-state index contributed by atoms with van der Waals surface area (Å²) in [6.45, 7) is 5.17. The van der Waals surface area contributed by atoms with Gasteiger partial charge in [0.25, 0.3) is 0 Å². The molecule has 2 aromatic rings. The molecule has 0 aliphatic carbocycles. The Kier molecular flexibility index (Phi) is 12.4. The van der Waals surface area contributed by atoms with Crippen molar-refractivity contribution in [2.75, 3.05) is 6.61 Å². The smallest absolute Gasteiger partial charge is 0.311 e. The van der Waals surface area contributed by atoms with Crippen LogP contribution in [0, 0.1) is 0 Å². The van der Waals surface area contributed by atoms with Gasteiger partial charge in [0.2, 0.25) is 0 Å². The lowest BCUT2D eigenvalue weighted by Crippen LogP contribution is -2.07. The van der Waals surface area contributed by atoms with Crippen LogP contribution in [0.2, 0.25) is 0 Å². The van der Waals surface area contributed by atoms with E-state index in [9.17, 15) is 4.79 Å². The van der Waals surface area contributed by atoms with Gasteiger partial charge >= 0.3 is 5.97 Å². The van der Waals surface area contributed by atoms with Crippen LogP contribution in [-0.4, -0.2) is 17.6 Å². The number of carbonyl (C=O) groups is 1. The molecule has 0 atom stereocenters. The summed E-state index contributed by atoms with van der Waals surface area (Å²) in [4.78, 5) is 16.5. The Morgan fingerprint density at radius 3 is 2.00 bits per heavy atom. The summed E-state index contributed by atoms with van der Waals surface area (Å²) in [7, 11) is 0. The fourth-order valence-electron chi connectivity index (χ4n) is 3.46. The number of rotatable bonds is 16. The molecule has 2 rings (SSSR count). The van der Waals surface area contributed by atoms with Crippen LogP contribution in [0.1, 0.15) is 90.9 Å². The van der Waals surface area contributed by atoms with Gasteiger partial charge < -0.3 is 9.47 Å². The third-order valence-electron chi connectivity index (χ3n) is 5.37. The van der Waals surface area contributed by atoms with Crippen molar-refractivity contribution in [3.05, 3.63) is 42.6 Å². The first kappa shape index (κ1) is 24.9. The zero-order valence-corrected chi connectivity index (χ0v) is 19.4. The monoisotopic (exact) mass is 425 g/mol. The van der Waals surface area contributed by atoms with Gasteiger partial charge in [0.1, 0.15) is 11.5 Å². The number of pyridine rings is 1. The van der Waals surface area contributed by atoms with Crippen LogP contribution in [0.15, 0.2) is 42.6 Å². The van der Waals surface area contributed by atoms with Crippen LogP contribution >= 0.6 is 0 Å². The predicted octanol–water partition coefficient (Wildman–Crippen LogP) is 7.75. The maximum Gasteiger partial charge on any atom is 0.311 e. The number of carbonyl (C=O) groups excluding carboxylic acids is 1. The fourth-order valence-corrected chi connectivity index (χ4v) is 3.46. The van der Waals surface area contributed by atoms with Crippen molar-refractivity contribution in [2.45, 2.75) is 90.9 Å². The molecule has 0 aliphatic heterocycles. The molecule has 1 aromatic carbocycles. The Labute approximate surface area is 188 Å². The summed E-state index contributed by atoms with van der Waals surface area (Å²) in [5, 5.41) is 0. The van der Waals surface area contributed by atoms with E-state index in [4.69, 9.17) is 9.47 Å². The van der Waals surface area contributed by atoms with Crippen molar-refractivity contribution in [3.63, 3.8) is 0 Å². The molecule has 31 heavy (non-hydrogen) atoms. The van der Waals surface area contributed by atoms with Crippen LogP contribution in [0.3, 0.4) is 0 Å². The lowest BCUT2D eigenvalue weighted by Gasteiger charge is -2.08. The summed E-state index contributed by atoms with van der Waals surface area (Å²) in [6.07, 6.45) is 15.4. The molecule has 4 nitrogen and oxygen atoms in total. The molecular formula is C27H39NO3. The number of unbranched alkanes of at least 4 members (excludes halogenated alkanes) is 9. The van der Waals surface area contributed by atoms with Gasteiger partial charge in [-0.15, -0.1) is 0 Å². The Bertz CT molecular complexity index is 725. The highest BCUT2D eigenvalue weighted by Crippen LogP contribution is 2.23. The summed E-state index contributed by atoms with van der Waals surface area (Å²) in [5.41, 5.74) is 1.86. The minimum Gasteiger partial charge on any atom is -0.492 e. The molecule has 0 fully saturated rings. The Morgan fingerprint density at radius 1 is 0.742 bits per heavy atom. The normalized spacial score (nSPS) is 10.8. The van der Waals surface area contributed by atoms with E-state index in [1.807, 2.05) is 36.4 Å². The van der Waals surface area contributed by atoms with Crippen molar-refractivity contribution in [1.82, 2.24) is 4.98 Å². The molecule has 0 spiro atoms. The zero-order valence-electron chi connectivity index (χ0n) is 19.4. The van der Waals surface area contributed by atoms with Gasteiger partial charge in [-0.25, -0.2) is 0 Å². The topological polar surface area (TPSA) is 48.4 Å². The highest BCUT2D eigenvalue weighted by Gasteiger charge is 2.06. The fraction of sp³-hybridized carbons (Fsp3) is 0.556. The van der Waals surface area contributed by atoms with Gasteiger partial charge in [-0.2, -0.15) is 0 Å². The average Bonchev–Trinajstić information content (AvgIpc) is 2.79. The van der Waals surface area contributed by atoms with Crippen LogP contribution in [-0.2, 0) is 4.79 Å². The lowest BCUT2D eigenvalue weighted by atomic mass is 10.1. The highest BCUT2D eigenvalue weighted by molar-refractivity contribution is 5.72. The predicted molar refractivity (Wildman–Crippen MR) is 128 cm³/mol. The van der Waals surface area contributed by atoms with Crippen LogP contribution < -0.4 is 9.47 Å². The summed E-state index contributed by atoms with van der Waals surface area (Å²) in [6, 6.07) is 11.5. The van der Waals surface area contributed by atoms with E-state index in [-0.39, 0.29) is 5.97 Å². The average molecular weight is 426 g/mol. The third kappa shape index (κ3) is 10.5. The second-order valence-electron chi connectivity index (χ2n) is 8.16. The first-order valence-corrected chi connectivity index (χ1v) is 12.1. The maximum atomic E-state index is 12.0. The molecule has 1 aromatic heterocycles. The van der Waals surface area contributed by atoms with Gasteiger partial charge in [-0.3, -0.25) is 9.78 Å². The van der Waals surface area contributed by atoms with E-state index in [0.29, 0.717) is 12.2 Å². The van der Waals surface area contributed by atoms with Crippen LogP contribution in [0.4, 0.5) is 0 Å². The molecule has 0 aliphatic rings. The largest absolute Gasteiger partial charge is 0.492 e. The van der Waals surface area contributed by atoms with E-state index in [1.165, 1.54) is 51.4 Å². The number of aromatic nitrogens is 1. The van der Waals surface area contributed by atoms with Crippen molar-refractivity contribution in [1.29, 1.82) is 0 Å². The quantitative estimate of drug-likeness (QED) is 0.157. The molecule has 0 saturated heterocycles. The second kappa shape index (κ2) is 15.4. The highest BCUT2D eigenvalue weighted by atomic mass is 16.5. The minimum atomic E-state index is -0.158. The van der Waals surface area contributed by atoms with Crippen molar-refractivity contribution < 1.29 is 14.3 Å². The number of benzene rings is 1. The van der Waals surface area contributed by atoms with E-state index < -0.39 is 0 Å². The molecule has 170 valence electrons. The number of esters is 1. The second-order valence-corrected chi connectivity index (χ2v) is 8.16. The van der Waals surface area contributed by atoms with Gasteiger partial charge in [0, 0.05) is 12.0 Å². The van der Waals surface area contributed by atoms with E-state index in [2.05, 4.69) is 18.8 Å². The first-order valence-electron chi connectivity index (χ1n) is 12.1. The van der Waals surface area contributed by atoms with Gasteiger partial charge in [-0.1, -0.05) is 71.6 Å². The molecular weight excluding hydrogens is 386 g/mol. The molecule has 1 heterocycles. The molecule has 0 N–H and O–H groups in total. The molecule has 0 amide bonds. The standard InChI is InChI=1S/C27H39NO3/c1-3-5-7-9-11-13-21-30-25-19-20-26(28-22-25)23-15-17-24(18-16-23)31-27(29)14-12-10-8-6-4-2/h15-20,22H,3-14,21H2,1-2H3. The number of ether oxygens (including phenoxy) is 2. The zero-order chi connectivity index (χ0) is 22.2. The molecule has 0 saturated carbocycles. The maximum absolute atomic E-state index is 12.0. The minimum absolute atomic E-state index is 0.158. The molecule has 0 unspecified atom stereocenters. The van der Waals surface area contributed by atoms with E-state index in [1.54, 1.807) is 6.20 Å². The molecule has 0 radical (unpaired) electrons. The molecule has 0 bridgehead atoms. The van der Waals surface area contributed by atoms with Crippen molar-refractivity contribution in [2.24, 2.45) is 0 Å². The van der Waals surface area contributed by atoms with Gasteiger partial charge in [0.05, 0.1) is 18.5 Å². The number of nitrogens with zero attached hydrogens (tertiary/aromatic N) is 1. The lowest BCUT2D eigenvalue weighted by molar-refractivity contribution is -0.134. The van der Waals surface area contributed by atoms with Gasteiger partial charge in [0.15, 0.2) is 0 Å². The molecule has 4 heteroatoms. The van der Waals surface area contributed by atoms with Crippen molar-refractivity contribution in [3.8, 4) is 22.8 Å². The Balaban J connectivity index is 1.71. The third-order valence-corrected chi connectivity index (χ3v) is 5.37. The number of hydrogen-bond acceptors (Lipinski definition) is 4. The van der Waals surface area contributed by atoms with Gasteiger partial charge in [-0.05, 0) is 49.2 Å². The van der Waals surface area contributed by atoms with E-state index in [0.717, 1.165) is 42.9 Å². The summed E-state index contributed by atoms with van der Waals surface area (Å²) >= 11 is 0. The summed E-state index contributed by atoms with van der Waals surface area (Å²) < 4.78 is 11.2. The Morgan fingerprint density at radius 2 is 1.35 bits per heavy atom. The van der Waals surface area contributed by atoms with E-state index >= 15 is 0 Å². The SMILES string of the molecule is CCCCCCCCOc1ccc(-c2ccc(OC(=O)CCCCCCC)cc2)nc1. The van der Waals surface area contributed by atoms with Crippen LogP contribution in [0.25, 0.3) is 11.3 Å². The summed E-state index contributed by atoms with van der Waals surface area (Å²) in [5.74, 6) is 1.23. The van der Waals surface area contributed by atoms with Crippen LogP contribution in [0.5, 0.6) is 11.5 Å².